The van der Waals surface area contributed by atoms with Gasteiger partial charge in [-0.05, 0) is 25.0 Å². The molecule has 122 valence electrons. The van der Waals surface area contributed by atoms with Gasteiger partial charge >= 0.3 is 0 Å². The predicted molar refractivity (Wildman–Crippen MR) is 90.9 cm³/mol. The Morgan fingerprint density at radius 1 is 0.913 bits per heavy atom. The maximum absolute atomic E-state index is 13.7. The van der Waals surface area contributed by atoms with Crippen LogP contribution in [-0.2, 0) is 13.2 Å². The lowest BCUT2D eigenvalue weighted by Gasteiger charge is -2.23. The van der Waals surface area contributed by atoms with Gasteiger partial charge in [-0.2, -0.15) is 0 Å². The third kappa shape index (κ3) is 4.55. The number of nitrogens with one attached hydrogen (secondary N) is 1. The van der Waals surface area contributed by atoms with Crippen LogP contribution in [-0.4, -0.2) is 6.04 Å². The molecule has 0 heterocycles. The number of rotatable bonds is 6. The first-order valence-corrected chi connectivity index (χ1v) is 8.50. The summed E-state index contributed by atoms with van der Waals surface area (Å²) in [6.07, 6.45) is 6.53. The Kier molecular flexibility index (Phi) is 5.65. The number of halogens is 1. The van der Waals surface area contributed by atoms with Crippen LogP contribution in [0.5, 0.6) is 5.75 Å². The molecule has 1 N–H and O–H groups in total. The summed E-state index contributed by atoms with van der Waals surface area (Å²) in [4.78, 5) is 0. The minimum atomic E-state index is -0.217. The molecular formula is C20H24FNO. The Bertz CT molecular complexity index is 623. The highest BCUT2D eigenvalue weighted by molar-refractivity contribution is 5.33. The Morgan fingerprint density at radius 2 is 1.61 bits per heavy atom. The standard InChI is InChI=1S/C20H24FNO/c21-19-12-6-4-9-17(19)15-23-20-13-7-5-8-16(20)14-22-18-10-2-1-3-11-18/h4-9,12-13,18,22H,1-3,10-11,14-15H2. The van der Waals surface area contributed by atoms with Gasteiger partial charge in [-0.25, -0.2) is 4.39 Å². The lowest BCUT2D eigenvalue weighted by atomic mass is 9.95. The van der Waals surface area contributed by atoms with Crippen molar-refractivity contribution in [2.45, 2.75) is 51.3 Å². The maximum Gasteiger partial charge on any atom is 0.129 e. The molecule has 3 heteroatoms. The first kappa shape index (κ1) is 16.0. The van der Waals surface area contributed by atoms with Crippen LogP contribution in [0.4, 0.5) is 4.39 Å². The Hall–Kier alpha value is -1.87. The summed E-state index contributed by atoms with van der Waals surface area (Å²) in [7, 11) is 0. The van der Waals surface area contributed by atoms with Gasteiger partial charge in [0.25, 0.3) is 0 Å². The van der Waals surface area contributed by atoms with Crippen molar-refractivity contribution in [3.05, 3.63) is 65.5 Å². The summed E-state index contributed by atoms with van der Waals surface area (Å²) in [5.41, 5.74) is 1.72. The van der Waals surface area contributed by atoms with E-state index in [4.69, 9.17) is 4.74 Å². The van der Waals surface area contributed by atoms with Gasteiger partial charge in [-0.1, -0.05) is 55.7 Å². The SMILES string of the molecule is Fc1ccccc1COc1ccccc1CNC1CCCCC1. The van der Waals surface area contributed by atoms with Crippen LogP contribution in [0.15, 0.2) is 48.5 Å². The highest BCUT2D eigenvalue weighted by atomic mass is 19.1. The van der Waals surface area contributed by atoms with Gasteiger partial charge in [0.2, 0.25) is 0 Å². The topological polar surface area (TPSA) is 21.3 Å². The van der Waals surface area contributed by atoms with Crippen molar-refractivity contribution in [1.29, 1.82) is 0 Å². The smallest absolute Gasteiger partial charge is 0.129 e. The molecule has 1 saturated carbocycles. The minimum absolute atomic E-state index is 0.217. The number of hydrogen-bond donors (Lipinski definition) is 1. The monoisotopic (exact) mass is 313 g/mol. The van der Waals surface area contributed by atoms with E-state index in [2.05, 4.69) is 11.4 Å². The van der Waals surface area contributed by atoms with Gasteiger partial charge in [0, 0.05) is 23.7 Å². The largest absolute Gasteiger partial charge is 0.488 e. The van der Waals surface area contributed by atoms with E-state index in [0.717, 1.165) is 17.9 Å². The van der Waals surface area contributed by atoms with Gasteiger partial charge in [-0.15, -0.1) is 0 Å². The molecule has 3 rings (SSSR count). The first-order valence-electron chi connectivity index (χ1n) is 8.50. The second-order valence-electron chi connectivity index (χ2n) is 6.20. The van der Waals surface area contributed by atoms with E-state index in [0.29, 0.717) is 11.6 Å². The van der Waals surface area contributed by atoms with Crippen molar-refractivity contribution in [2.75, 3.05) is 0 Å². The summed E-state index contributed by atoms with van der Waals surface area (Å²) >= 11 is 0. The predicted octanol–water partition coefficient (Wildman–Crippen LogP) is 4.83. The van der Waals surface area contributed by atoms with E-state index in [9.17, 15) is 4.39 Å². The average molecular weight is 313 g/mol. The molecule has 1 fully saturated rings. The molecule has 0 amide bonds. The molecule has 2 nitrogen and oxygen atoms in total. The number of hydrogen-bond acceptors (Lipinski definition) is 2. The van der Waals surface area contributed by atoms with Gasteiger partial charge in [0.15, 0.2) is 0 Å². The van der Waals surface area contributed by atoms with Crippen LogP contribution in [0.1, 0.15) is 43.2 Å². The molecule has 0 radical (unpaired) electrons. The Morgan fingerprint density at radius 3 is 2.39 bits per heavy atom. The van der Waals surface area contributed by atoms with E-state index >= 15 is 0 Å². The second kappa shape index (κ2) is 8.11. The molecule has 2 aromatic rings. The van der Waals surface area contributed by atoms with Gasteiger partial charge in [-0.3, -0.25) is 0 Å². The summed E-state index contributed by atoms with van der Waals surface area (Å²) < 4.78 is 19.6. The molecule has 2 aromatic carbocycles. The number of para-hydroxylation sites is 1. The third-order valence-corrected chi connectivity index (χ3v) is 4.50. The molecule has 0 bridgehead atoms. The fourth-order valence-electron chi connectivity index (χ4n) is 3.12. The van der Waals surface area contributed by atoms with Gasteiger partial charge in [0.1, 0.15) is 18.2 Å². The van der Waals surface area contributed by atoms with E-state index in [-0.39, 0.29) is 12.4 Å². The highest BCUT2D eigenvalue weighted by Crippen LogP contribution is 2.22. The molecule has 1 aliphatic carbocycles. The normalized spacial score (nSPS) is 15.5. The average Bonchev–Trinajstić information content (AvgIpc) is 2.61. The van der Waals surface area contributed by atoms with Gasteiger partial charge < -0.3 is 10.1 Å². The molecular weight excluding hydrogens is 289 g/mol. The second-order valence-corrected chi connectivity index (χ2v) is 6.20. The van der Waals surface area contributed by atoms with E-state index < -0.39 is 0 Å². The number of benzene rings is 2. The Labute approximate surface area is 137 Å². The van der Waals surface area contributed by atoms with Crippen molar-refractivity contribution < 1.29 is 9.13 Å². The Balaban J connectivity index is 1.60. The van der Waals surface area contributed by atoms with E-state index in [1.54, 1.807) is 12.1 Å². The van der Waals surface area contributed by atoms with E-state index in [1.807, 2.05) is 24.3 Å². The summed E-state index contributed by atoms with van der Waals surface area (Å²) in [5, 5.41) is 3.63. The molecule has 0 unspecified atom stereocenters. The molecule has 0 saturated heterocycles. The van der Waals surface area contributed by atoms with Crippen molar-refractivity contribution in [3.8, 4) is 5.75 Å². The fraction of sp³-hybridized carbons (Fsp3) is 0.400. The third-order valence-electron chi connectivity index (χ3n) is 4.50. The summed E-state index contributed by atoms with van der Waals surface area (Å²) in [5.74, 6) is 0.615. The van der Waals surface area contributed by atoms with Crippen molar-refractivity contribution in [2.24, 2.45) is 0 Å². The zero-order valence-electron chi connectivity index (χ0n) is 13.4. The molecule has 0 aromatic heterocycles. The minimum Gasteiger partial charge on any atom is -0.488 e. The number of ether oxygens (including phenoxy) is 1. The van der Waals surface area contributed by atoms with Crippen LogP contribution in [0.3, 0.4) is 0 Å². The van der Waals surface area contributed by atoms with Crippen LogP contribution >= 0.6 is 0 Å². The summed E-state index contributed by atoms with van der Waals surface area (Å²) in [6, 6.07) is 15.4. The van der Waals surface area contributed by atoms with Crippen LogP contribution in [0.25, 0.3) is 0 Å². The first-order chi connectivity index (χ1) is 11.3. The molecule has 0 aliphatic heterocycles. The lowest BCUT2D eigenvalue weighted by Crippen LogP contribution is -2.30. The van der Waals surface area contributed by atoms with Crippen LogP contribution in [0, 0.1) is 5.82 Å². The maximum atomic E-state index is 13.7. The van der Waals surface area contributed by atoms with Gasteiger partial charge in [0.05, 0.1) is 0 Å². The van der Waals surface area contributed by atoms with Crippen molar-refractivity contribution in [1.82, 2.24) is 5.32 Å². The quantitative estimate of drug-likeness (QED) is 0.825. The van der Waals surface area contributed by atoms with E-state index in [1.165, 1.54) is 38.2 Å². The molecule has 23 heavy (non-hydrogen) atoms. The zero-order valence-corrected chi connectivity index (χ0v) is 13.4. The van der Waals surface area contributed by atoms with Crippen LogP contribution < -0.4 is 10.1 Å². The molecule has 1 aliphatic rings. The fourth-order valence-corrected chi connectivity index (χ4v) is 3.12. The van der Waals surface area contributed by atoms with Crippen LogP contribution in [0.2, 0.25) is 0 Å². The molecule has 0 atom stereocenters. The highest BCUT2D eigenvalue weighted by Gasteiger charge is 2.13. The zero-order chi connectivity index (χ0) is 15.9. The summed E-state index contributed by atoms with van der Waals surface area (Å²) in [6.45, 7) is 1.06. The van der Waals surface area contributed by atoms with Crippen molar-refractivity contribution in [3.63, 3.8) is 0 Å². The molecule has 0 spiro atoms. The van der Waals surface area contributed by atoms with Crippen molar-refractivity contribution >= 4 is 0 Å². The lowest BCUT2D eigenvalue weighted by molar-refractivity contribution is 0.294.